The summed E-state index contributed by atoms with van der Waals surface area (Å²) >= 11 is 0. The van der Waals surface area contributed by atoms with Gasteiger partial charge in [-0.25, -0.2) is 0 Å². The number of carboxylic acid groups (broad SMARTS) is 1. The maximum Gasteiger partial charge on any atom is 0.303 e. The minimum Gasteiger partial charge on any atom is -0.493 e. The Morgan fingerprint density at radius 2 is 2.06 bits per heavy atom. The van der Waals surface area contributed by atoms with Crippen LogP contribution in [0.15, 0.2) is 4.79 Å². The van der Waals surface area contributed by atoms with E-state index in [0.717, 1.165) is 0 Å². The van der Waals surface area contributed by atoms with E-state index in [4.69, 9.17) is 10.8 Å². The van der Waals surface area contributed by atoms with Crippen molar-refractivity contribution < 1.29 is 15.0 Å². The Morgan fingerprint density at radius 1 is 1.35 bits per heavy atom. The van der Waals surface area contributed by atoms with Crippen molar-refractivity contribution in [2.75, 3.05) is 5.73 Å². The number of unbranched alkanes of at least 4 members (excludes halogenated alkanes) is 2. The molecule has 0 aliphatic heterocycles. The number of aromatic amines is 1. The SMILES string of the molecule is Nc1nc(O)c(CCCCCC(=O)O)c(=O)[nH]1. The maximum absolute atomic E-state index is 11.4. The van der Waals surface area contributed by atoms with E-state index >= 15 is 0 Å². The molecule has 0 radical (unpaired) electrons. The molecule has 0 atom stereocenters. The third kappa shape index (κ3) is 4.13. The zero-order chi connectivity index (χ0) is 12.8. The first-order valence-corrected chi connectivity index (χ1v) is 5.30. The topological polar surface area (TPSA) is 129 Å². The van der Waals surface area contributed by atoms with Crippen LogP contribution in [0.1, 0.15) is 31.2 Å². The second kappa shape index (κ2) is 5.88. The number of aromatic hydroxyl groups is 1. The van der Waals surface area contributed by atoms with Crippen molar-refractivity contribution >= 4 is 11.9 Å². The van der Waals surface area contributed by atoms with Gasteiger partial charge in [0.1, 0.15) is 0 Å². The fourth-order valence-corrected chi connectivity index (χ4v) is 1.48. The Kier molecular flexibility index (Phi) is 4.50. The number of nitrogens with one attached hydrogen (secondary N) is 1. The molecule has 7 nitrogen and oxygen atoms in total. The predicted molar refractivity (Wildman–Crippen MR) is 60.7 cm³/mol. The molecule has 94 valence electrons. The first kappa shape index (κ1) is 13.0. The highest BCUT2D eigenvalue weighted by Gasteiger charge is 2.09. The lowest BCUT2D eigenvalue weighted by Gasteiger charge is -2.03. The van der Waals surface area contributed by atoms with Crippen molar-refractivity contribution in [2.45, 2.75) is 32.1 Å². The number of hydrogen-bond acceptors (Lipinski definition) is 5. The van der Waals surface area contributed by atoms with Crippen LogP contribution in [0.2, 0.25) is 0 Å². The predicted octanol–water partition coefficient (Wildman–Crippen LogP) is 0.245. The van der Waals surface area contributed by atoms with Crippen LogP contribution < -0.4 is 11.3 Å². The minimum absolute atomic E-state index is 0.113. The van der Waals surface area contributed by atoms with Crippen molar-refractivity contribution in [3.63, 3.8) is 0 Å². The van der Waals surface area contributed by atoms with Gasteiger partial charge in [0.25, 0.3) is 5.56 Å². The van der Waals surface area contributed by atoms with Crippen molar-refractivity contribution in [1.82, 2.24) is 9.97 Å². The van der Waals surface area contributed by atoms with Crippen LogP contribution in [0.5, 0.6) is 5.88 Å². The summed E-state index contributed by atoms with van der Waals surface area (Å²) in [6.07, 6.45) is 2.32. The number of carbonyl (C=O) groups is 1. The van der Waals surface area contributed by atoms with Gasteiger partial charge in [-0.05, 0) is 19.3 Å². The normalized spacial score (nSPS) is 10.4. The van der Waals surface area contributed by atoms with Crippen molar-refractivity contribution in [2.24, 2.45) is 0 Å². The highest BCUT2D eigenvalue weighted by Crippen LogP contribution is 2.13. The summed E-state index contributed by atoms with van der Waals surface area (Å²) in [5, 5.41) is 17.8. The van der Waals surface area contributed by atoms with Crippen LogP contribution in [0.3, 0.4) is 0 Å². The number of aromatic nitrogens is 2. The monoisotopic (exact) mass is 241 g/mol. The van der Waals surface area contributed by atoms with Gasteiger partial charge in [-0.2, -0.15) is 4.98 Å². The molecule has 7 heteroatoms. The Balaban J connectivity index is 2.47. The number of anilines is 1. The number of carboxylic acids is 1. The van der Waals surface area contributed by atoms with Crippen molar-refractivity contribution in [1.29, 1.82) is 0 Å². The lowest BCUT2D eigenvalue weighted by Crippen LogP contribution is -2.16. The van der Waals surface area contributed by atoms with Gasteiger partial charge in [0.15, 0.2) is 0 Å². The van der Waals surface area contributed by atoms with Crippen LogP contribution in [-0.2, 0) is 11.2 Å². The van der Waals surface area contributed by atoms with Gasteiger partial charge >= 0.3 is 5.97 Å². The van der Waals surface area contributed by atoms with E-state index < -0.39 is 11.5 Å². The average Bonchev–Trinajstić information content (AvgIpc) is 2.20. The van der Waals surface area contributed by atoms with Crippen molar-refractivity contribution in [3.05, 3.63) is 15.9 Å². The molecule has 0 aliphatic rings. The first-order chi connectivity index (χ1) is 8.00. The van der Waals surface area contributed by atoms with Gasteiger partial charge in [-0.15, -0.1) is 0 Å². The fraction of sp³-hybridized carbons (Fsp3) is 0.500. The summed E-state index contributed by atoms with van der Waals surface area (Å²) in [7, 11) is 0. The van der Waals surface area contributed by atoms with Gasteiger partial charge in [0.2, 0.25) is 11.8 Å². The lowest BCUT2D eigenvalue weighted by molar-refractivity contribution is -0.137. The molecule has 1 heterocycles. The first-order valence-electron chi connectivity index (χ1n) is 5.30. The second-order valence-electron chi connectivity index (χ2n) is 3.71. The molecule has 0 aromatic carbocycles. The number of nitrogens with two attached hydrogens (primary N) is 1. The molecule has 0 saturated heterocycles. The highest BCUT2D eigenvalue weighted by molar-refractivity contribution is 5.66. The molecule has 0 saturated carbocycles. The molecule has 0 aliphatic carbocycles. The molecule has 1 aromatic rings. The average molecular weight is 241 g/mol. The Morgan fingerprint density at radius 3 is 2.65 bits per heavy atom. The van der Waals surface area contributed by atoms with Gasteiger partial charge in [0.05, 0.1) is 5.56 Å². The molecule has 0 unspecified atom stereocenters. The number of hydrogen-bond donors (Lipinski definition) is 4. The number of H-pyrrole nitrogens is 1. The molecular formula is C10H15N3O4. The van der Waals surface area contributed by atoms with Crippen LogP contribution in [0.4, 0.5) is 5.95 Å². The lowest BCUT2D eigenvalue weighted by atomic mass is 10.1. The van der Waals surface area contributed by atoms with E-state index in [-0.39, 0.29) is 23.8 Å². The molecule has 0 fully saturated rings. The zero-order valence-electron chi connectivity index (χ0n) is 9.27. The van der Waals surface area contributed by atoms with Crippen LogP contribution >= 0.6 is 0 Å². The van der Waals surface area contributed by atoms with Gasteiger partial charge in [-0.3, -0.25) is 14.6 Å². The smallest absolute Gasteiger partial charge is 0.303 e. The largest absolute Gasteiger partial charge is 0.493 e. The van der Waals surface area contributed by atoms with E-state index in [1.54, 1.807) is 0 Å². The molecule has 0 amide bonds. The molecular weight excluding hydrogens is 226 g/mol. The molecule has 1 aromatic heterocycles. The van der Waals surface area contributed by atoms with Crippen LogP contribution in [0.25, 0.3) is 0 Å². The summed E-state index contributed by atoms with van der Waals surface area (Å²) in [5.41, 5.74) is 4.98. The molecule has 0 spiro atoms. The molecule has 17 heavy (non-hydrogen) atoms. The minimum atomic E-state index is -0.833. The number of nitrogen functional groups attached to an aromatic ring is 1. The zero-order valence-corrected chi connectivity index (χ0v) is 9.27. The molecule has 1 rings (SSSR count). The van der Waals surface area contributed by atoms with Crippen LogP contribution in [0, 0.1) is 0 Å². The summed E-state index contributed by atoms with van der Waals surface area (Å²) in [6, 6.07) is 0. The number of nitrogens with zero attached hydrogens (tertiary/aromatic N) is 1. The summed E-state index contributed by atoms with van der Waals surface area (Å²) < 4.78 is 0. The van der Waals surface area contributed by atoms with E-state index in [9.17, 15) is 14.7 Å². The Hall–Kier alpha value is -2.05. The van der Waals surface area contributed by atoms with E-state index in [2.05, 4.69) is 9.97 Å². The van der Waals surface area contributed by atoms with Crippen molar-refractivity contribution in [3.8, 4) is 5.88 Å². The third-order valence-corrected chi connectivity index (χ3v) is 2.33. The van der Waals surface area contributed by atoms with E-state index in [0.29, 0.717) is 25.7 Å². The standard InChI is InChI=1S/C10H15N3O4/c11-10-12-8(16)6(9(17)13-10)4-2-1-3-5-7(14)15/h1-5H2,(H,14,15)(H4,11,12,13,16,17). The quantitative estimate of drug-likeness (QED) is 0.528. The van der Waals surface area contributed by atoms with Gasteiger partial charge in [0, 0.05) is 6.42 Å². The third-order valence-electron chi connectivity index (χ3n) is 2.33. The van der Waals surface area contributed by atoms with E-state index in [1.165, 1.54) is 0 Å². The highest BCUT2D eigenvalue weighted by atomic mass is 16.4. The fourth-order valence-electron chi connectivity index (χ4n) is 1.48. The Labute approximate surface area is 97.3 Å². The second-order valence-corrected chi connectivity index (χ2v) is 3.71. The number of rotatable bonds is 6. The van der Waals surface area contributed by atoms with Gasteiger partial charge < -0.3 is 15.9 Å². The molecule has 5 N–H and O–H groups in total. The Bertz CT molecular complexity index is 455. The summed E-state index contributed by atoms with van der Waals surface area (Å²) in [5.74, 6) is -1.31. The number of aliphatic carboxylic acids is 1. The van der Waals surface area contributed by atoms with E-state index in [1.807, 2.05) is 0 Å². The van der Waals surface area contributed by atoms with Crippen LogP contribution in [-0.4, -0.2) is 26.2 Å². The van der Waals surface area contributed by atoms with Gasteiger partial charge in [-0.1, -0.05) is 6.42 Å². The summed E-state index contributed by atoms with van der Waals surface area (Å²) in [4.78, 5) is 27.5. The maximum atomic E-state index is 11.4. The summed E-state index contributed by atoms with van der Waals surface area (Å²) in [6.45, 7) is 0. The molecule has 0 bridgehead atoms.